The minimum atomic E-state index is -3.60. The Hall–Kier alpha value is -0.660. The number of nitrogens with two attached hydrogens (primary N) is 1. The monoisotopic (exact) mass is 277 g/mol. The highest BCUT2D eigenvalue weighted by Crippen LogP contribution is 2.18. The second-order valence-corrected chi connectivity index (χ2v) is 7.18. The van der Waals surface area contributed by atoms with Crippen LogP contribution in [0.4, 0.5) is 0 Å². The first kappa shape index (κ1) is 15.4. The summed E-state index contributed by atoms with van der Waals surface area (Å²) in [5.74, 6) is -0.407. The maximum atomic E-state index is 12.0. The number of carbonyl (C=O) groups is 1. The Morgan fingerprint density at radius 2 is 1.78 bits per heavy atom. The highest BCUT2D eigenvalue weighted by atomic mass is 32.2. The zero-order valence-corrected chi connectivity index (χ0v) is 12.0. The van der Waals surface area contributed by atoms with Gasteiger partial charge in [-0.2, -0.15) is 0 Å². The van der Waals surface area contributed by atoms with Crippen LogP contribution in [0.1, 0.15) is 32.6 Å². The average Bonchev–Trinajstić information content (AvgIpc) is 2.29. The number of amides is 1. The molecule has 0 bridgehead atoms. The number of carbonyl (C=O) groups excluding carboxylic acids is 1. The van der Waals surface area contributed by atoms with Crippen molar-refractivity contribution in [3.63, 3.8) is 0 Å². The topological polar surface area (TPSA) is 92.5 Å². The first-order chi connectivity index (χ1) is 8.24. The van der Waals surface area contributed by atoms with Crippen molar-refractivity contribution < 1.29 is 13.2 Å². The highest BCUT2D eigenvalue weighted by molar-refractivity contribution is 7.90. The molecule has 0 aromatic rings. The quantitative estimate of drug-likeness (QED) is 0.735. The van der Waals surface area contributed by atoms with Crippen LogP contribution in [0.15, 0.2) is 0 Å². The van der Waals surface area contributed by atoms with Crippen LogP contribution in [0.3, 0.4) is 0 Å². The third kappa shape index (κ3) is 3.93. The van der Waals surface area contributed by atoms with Gasteiger partial charge in [0.15, 0.2) is 5.25 Å². The van der Waals surface area contributed by atoms with E-state index < -0.39 is 21.2 Å². The zero-order chi connectivity index (χ0) is 13.9. The standard InChI is InChI=1S/C11H23N3O3S/c1-8(11(15)14(2)3)18(16,17)13-10-6-4-9(12)5-7-10/h8-10,13H,4-7,12H2,1-3H3. The molecule has 1 aliphatic rings. The van der Waals surface area contributed by atoms with Crippen molar-refractivity contribution in [2.45, 2.75) is 49.9 Å². The molecule has 0 heterocycles. The van der Waals surface area contributed by atoms with E-state index in [4.69, 9.17) is 5.73 Å². The third-order valence-electron chi connectivity index (χ3n) is 3.36. The number of hydrogen-bond donors (Lipinski definition) is 2. The second-order valence-electron chi connectivity index (χ2n) is 5.15. The summed E-state index contributed by atoms with van der Waals surface area (Å²) in [7, 11) is -0.504. The normalized spacial score (nSPS) is 26.7. The molecule has 7 heteroatoms. The number of rotatable bonds is 4. The molecule has 106 valence electrons. The zero-order valence-electron chi connectivity index (χ0n) is 11.2. The van der Waals surface area contributed by atoms with E-state index in [1.54, 1.807) is 14.1 Å². The summed E-state index contributed by atoms with van der Waals surface area (Å²) in [5, 5.41) is -1.05. The van der Waals surface area contributed by atoms with E-state index in [9.17, 15) is 13.2 Å². The maximum absolute atomic E-state index is 12.0. The fourth-order valence-corrected chi connectivity index (χ4v) is 3.45. The predicted molar refractivity (Wildman–Crippen MR) is 70.4 cm³/mol. The third-order valence-corrected chi connectivity index (χ3v) is 5.15. The number of nitrogens with one attached hydrogen (secondary N) is 1. The van der Waals surface area contributed by atoms with Crippen LogP contribution in [0.5, 0.6) is 0 Å². The highest BCUT2D eigenvalue weighted by Gasteiger charge is 2.32. The van der Waals surface area contributed by atoms with Gasteiger partial charge >= 0.3 is 0 Å². The molecule has 1 saturated carbocycles. The van der Waals surface area contributed by atoms with Gasteiger partial charge < -0.3 is 10.6 Å². The number of sulfonamides is 1. The van der Waals surface area contributed by atoms with Gasteiger partial charge in [0.25, 0.3) is 0 Å². The Labute approximate surface area is 109 Å². The Kier molecular flexibility index (Phi) is 5.12. The first-order valence-corrected chi connectivity index (χ1v) is 7.76. The Balaban J connectivity index is 2.62. The van der Waals surface area contributed by atoms with Crippen molar-refractivity contribution in [2.75, 3.05) is 14.1 Å². The predicted octanol–water partition coefficient (Wildman–Crippen LogP) is -0.348. The van der Waals surface area contributed by atoms with Crippen molar-refractivity contribution in [3.05, 3.63) is 0 Å². The van der Waals surface area contributed by atoms with Gasteiger partial charge in [0.2, 0.25) is 15.9 Å². The fourth-order valence-electron chi connectivity index (χ4n) is 2.07. The van der Waals surface area contributed by atoms with E-state index in [1.165, 1.54) is 11.8 Å². The van der Waals surface area contributed by atoms with Crippen LogP contribution in [0.25, 0.3) is 0 Å². The summed E-state index contributed by atoms with van der Waals surface area (Å²) in [6.45, 7) is 1.42. The molecule has 0 saturated heterocycles. The van der Waals surface area contributed by atoms with Gasteiger partial charge in [-0.15, -0.1) is 0 Å². The lowest BCUT2D eigenvalue weighted by Gasteiger charge is -2.28. The van der Waals surface area contributed by atoms with Crippen LogP contribution in [-0.2, 0) is 14.8 Å². The average molecular weight is 277 g/mol. The lowest BCUT2D eigenvalue weighted by molar-refractivity contribution is -0.127. The van der Waals surface area contributed by atoms with E-state index in [-0.39, 0.29) is 12.1 Å². The molecule has 1 unspecified atom stereocenters. The van der Waals surface area contributed by atoms with Crippen molar-refractivity contribution >= 4 is 15.9 Å². The molecular weight excluding hydrogens is 254 g/mol. The van der Waals surface area contributed by atoms with Gasteiger partial charge in [0.05, 0.1) is 0 Å². The molecule has 3 N–H and O–H groups in total. The SMILES string of the molecule is CC(C(=O)N(C)C)S(=O)(=O)NC1CCC(N)CC1. The van der Waals surface area contributed by atoms with E-state index >= 15 is 0 Å². The molecule has 0 spiro atoms. The van der Waals surface area contributed by atoms with Crippen LogP contribution in [0.2, 0.25) is 0 Å². The molecule has 1 atom stereocenters. The van der Waals surface area contributed by atoms with Gasteiger partial charge in [-0.1, -0.05) is 0 Å². The van der Waals surface area contributed by atoms with E-state index in [2.05, 4.69) is 4.72 Å². The fraction of sp³-hybridized carbons (Fsp3) is 0.909. The molecule has 0 radical (unpaired) electrons. The van der Waals surface area contributed by atoms with Gasteiger partial charge in [-0.25, -0.2) is 13.1 Å². The Bertz CT molecular complexity index is 386. The molecule has 0 aliphatic heterocycles. The molecule has 1 amide bonds. The van der Waals surface area contributed by atoms with Gasteiger partial charge in [-0.3, -0.25) is 4.79 Å². The molecular formula is C11H23N3O3S. The Morgan fingerprint density at radius 1 is 1.28 bits per heavy atom. The summed E-state index contributed by atoms with van der Waals surface area (Å²) >= 11 is 0. The van der Waals surface area contributed by atoms with Crippen LogP contribution >= 0.6 is 0 Å². The van der Waals surface area contributed by atoms with Crippen molar-refractivity contribution in [2.24, 2.45) is 5.73 Å². The van der Waals surface area contributed by atoms with Gasteiger partial charge in [0.1, 0.15) is 0 Å². The lowest BCUT2D eigenvalue weighted by Crippen LogP contribution is -2.48. The molecule has 1 fully saturated rings. The van der Waals surface area contributed by atoms with Crippen molar-refractivity contribution in [1.82, 2.24) is 9.62 Å². The number of hydrogen-bond acceptors (Lipinski definition) is 4. The smallest absolute Gasteiger partial charge is 0.241 e. The van der Waals surface area contributed by atoms with Gasteiger partial charge in [-0.05, 0) is 32.6 Å². The van der Waals surface area contributed by atoms with Crippen LogP contribution in [-0.4, -0.2) is 50.7 Å². The van der Waals surface area contributed by atoms with E-state index in [1.807, 2.05) is 0 Å². The first-order valence-electron chi connectivity index (χ1n) is 6.22. The molecule has 18 heavy (non-hydrogen) atoms. The second kappa shape index (κ2) is 5.99. The van der Waals surface area contributed by atoms with Gasteiger partial charge in [0, 0.05) is 26.2 Å². The lowest BCUT2D eigenvalue weighted by atomic mass is 9.93. The largest absolute Gasteiger partial charge is 0.348 e. The van der Waals surface area contributed by atoms with Crippen LogP contribution < -0.4 is 10.5 Å². The number of nitrogens with zero attached hydrogens (tertiary/aromatic N) is 1. The molecule has 0 aromatic heterocycles. The minimum absolute atomic E-state index is 0.0905. The molecule has 1 rings (SSSR count). The molecule has 6 nitrogen and oxygen atoms in total. The molecule has 1 aliphatic carbocycles. The summed E-state index contributed by atoms with van der Waals surface area (Å²) in [4.78, 5) is 13.0. The summed E-state index contributed by atoms with van der Waals surface area (Å²) in [6, 6.07) is 0.0822. The minimum Gasteiger partial charge on any atom is -0.348 e. The van der Waals surface area contributed by atoms with Crippen molar-refractivity contribution in [3.8, 4) is 0 Å². The van der Waals surface area contributed by atoms with Crippen LogP contribution in [0, 0.1) is 0 Å². The van der Waals surface area contributed by atoms with Crippen molar-refractivity contribution in [1.29, 1.82) is 0 Å². The summed E-state index contributed by atoms with van der Waals surface area (Å²) < 4.78 is 26.7. The van der Waals surface area contributed by atoms with E-state index in [0.717, 1.165) is 25.7 Å². The molecule has 0 aromatic carbocycles. The summed E-state index contributed by atoms with van der Waals surface area (Å²) in [5.41, 5.74) is 5.77. The maximum Gasteiger partial charge on any atom is 0.241 e. The summed E-state index contributed by atoms with van der Waals surface area (Å²) in [6.07, 6.45) is 3.12. The van der Waals surface area contributed by atoms with E-state index in [0.29, 0.717) is 0 Å². The Morgan fingerprint density at radius 3 is 2.22 bits per heavy atom.